The number of rotatable bonds is 4. The van der Waals surface area contributed by atoms with Crippen LogP contribution >= 0.6 is 11.6 Å². The van der Waals surface area contributed by atoms with Gasteiger partial charge in [-0.25, -0.2) is 13.6 Å². The highest BCUT2D eigenvalue weighted by molar-refractivity contribution is 7.83. The van der Waals surface area contributed by atoms with E-state index in [0.717, 1.165) is 0 Å². The molecular formula is C9H8ClN3O2S. The van der Waals surface area contributed by atoms with Gasteiger partial charge in [0, 0.05) is 6.54 Å². The summed E-state index contributed by atoms with van der Waals surface area (Å²) < 4.78 is 19.2. The minimum Gasteiger partial charge on any atom is -0.243 e. The van der Waals surface area contributed by atoms with Crippen LogP contribution in [0.2, 0.25) is 5.02 Å². The van der Waals surface area contributed by atoms with Crippen molar-refractivity contribution in [3.63, 3.8) is 0 Å². The van der Waals surface area contributed by atoms with E-state index in [2.05, 4.69) is 26.2 Å². The number of nitrogens with zero attached hydrogens (tertiary/aromatic N) is 2. The van der Waals surface area contributed by atoms with Gasteiger partial charge < -0.3 is 0 Å². The van der Waals surface area contributed by atoms with Gasteiger partial charge in [0.05, 0.1) is 9.92 Å². The van der Waals surface area contributed by atoms with Gasteiger partial charge in [-0.3, -0.25) is 0 Å². The van der Waals surface area contributed by atoms with Crippen LogP contribution in [0, 0.1) is 0 Å². The lowest BCUT2D eigenvalue weighted by Gasteiger charge is -2.02. The summed E-state index contributed by atoms with van der Waals surface area (Å²) in [5.74, 6) is 0. The molecule has 0 saturated carbocycles. The van der Waals surface area contributed by atoms with Gasteiger partial charge >= 0.3 is 0 Å². The first-order chi connectivity index (χ1) is 7.74. The molecule has 2 aromatic rings. The van der Waals surface area contributed by atoms with Crippen molar-refractivity contribution in [3.05, 3.63) is 29.8 Å². The minimum absolute atomic E-state index is 0.405. The normalized spacial score (nSPS) is 12.8. The van der Waals surface area contributed by atoms with Gasteiger partial charge in [0.1, 0.15) is 11.0 Å². The highest BCUT2D eigenvalue weighted by Crippen LogP contribution is 2.24. The predicted molar refractivity (Wildman–Crippen MR) is 61.4 cm³/mol. The Morgan fingerprint density at radius 1 is 1.50 bits per heavy atom. The number of hydrogen-bond donors (Lipinski definition) is 1. The van der Waals surface area contributed by atoms with Crippen molar-refractivity contribution in [2.75, 3.05) is 6.54 Å². The summed E-state index contributed by atoms with van der Waals surface area (Å²) in [5, 5.41) is 7.74. The lowest BCUT2D eigenvalue weighted by atomic mass is 10.3. The van der Waals surface area contributed by atoms with Crippen molar-refractivity contribution in [3.8, 4) is 0 Å². The molecule has 0 saturated heterocycles. The van der Waals surface area contributed by atoms with Crippen LogP contribution in [0.5, 0.6) is 0 Å². The smallest absolute Gasteiger partial charge is 0.155 e. The topological polar surface area (TPSA) is 68.0 Å². The highest BCUT2D eigenvalue weighted by Gasteiger charge is 2.14. The molecule has 7 heteroatoms. The van der Waals surface area contributed by atoms with Crippen LogP contribution in [0.4, 0.5) is 0 Å². The van der Waals surface area contributed by atoms with E-state index in [9.17, 15) is 4.21 Å². The molecule has 16 heavy (non-hydrogen) atoms. The molecule has 1 N–H and O–H groups in total. The number of benzene rings is 1. The first kappa shape index (κ1) is 11.3. The molecule has 1 unspecified atom stereocenters. The third-order valence-corrected chi connectivity index (χ3v) is 3.35. The molecule has 0 fully saturated rings. The van der Waals surface area contributed by atoms with Gasteiger partial charge in [-0.05, 0) is 22.4 Å². The molecule has 0 radical (unpaired) electrons. The van der Waals surface area contributed by atoms with Gasteiger partial charge in [0.25, 0.3) is 0 Å². The van der Waals surface area contributed by atoms with Crippen LogP contribution in [0.1, 0.15) is 0 Å². The number of nitrogens with one attached hydrogen (secondary N) is 1. The van der Waals surface area contributed by atoms with Gasteiger partial charge in [0.2, 0.25) is 0 Å². The van der Waals surface area contributed by atoms with Crippen molar-refractivity contribution in [2.45, 2.75) is 4.90 Å². The minimum atomic E-state index is -1.39. The van der Waals surface area contributed by atoms with Crippen LogP contribution in [-0.2, 0) is 11.0 Å². The molecule has 1 heterocycles. The average Bonchev–Trinajstić information content (AvgIpc) is 2.76. The maximum absolute atomic E-state index is 11.8. The zero-order chi connectivity index (χ0) is 11.5. The van der Waals surface area contributed by atoms with E-state index in [4.69, 9.17) is 11.6 Å². The van der Waals surface area contributed by atoms with Gasteiger partial charge in [-0.15, -0.1) is 6.58 Å². The van der Waals surface area contributed by atoms with E-state index < -0.39 is 11.0 Å². The fourth-order valence-corrected chi connectivity index (χ4v) is 2.29. The number of fused-ring (bicyclic) bond motifs is 1. The molecule has 84 valence electrons. The van der Waals surface area contributed by atoms with Crippen molar-refractivity contribution >= 4 is 33.6 Å². The fourth-order valence-electron chi connectivity index (χ4n) is 1.18. The van der Waals surface area contributed by atoms with Crippen LogP contribution in [0.25, 0.3) is 11.0 Å². The summed E-state index contributed by atoms with van der Waals surface area (Å²) in [6.45, 7) is 3.96. The third-order valence-electron chi connectivity index (χ3n) is 1.89. The molecule has 1 atom stereocenters. The molecule has 1 aromatic heterocycles. The summed E-state index contributed by atoms with van der Waals surface area (Å²) >= 11 is 5.88. The van der Waals surface area contributed by atoms with Crippen molar-refractivity contribution in [1.82, 2.24) is 15.0 Å². The van der Waals surface area contributed by atoms with Gasteiger partial charge in [-0.2, -0.15) is 0 Å². The summed E-state index contributed by atoms with van der Waals surface area (Å²) in [7, 11) is -1.39. The number of hydrogen-bond acceptors (Lipinski definition) is 4. The number of aromatic nitrogens is 2. The summed E-state index contributed by atoms with van der Waals surface area (Å²) in [6, 6.07) is 3.23. The Bertz CT molecular complexity index is 555. The third kappa shape index (κ3) is 1.99. The summed E-state index contributed by atoms with van der Waals surface area (Å²) in [4.78, 5) is 0.488. The van der Waals surface area contributed by atoms with E-state index in [1.807, 2.05) is 0 Å². The monoisotopic (exact) mass is 257 g/mol. The second kappa shape index (κ2) is 4.73. The van der Waals surface area contributed by atoms with Crippen molar-refractivity contribution in [2.24, 2.45) is 0 Å². The second-order valence-corrected chi connectivity index (χ2v) is 4.59. The van der Waals surface area contributed by atoms with Gasteiger partial charge in [0.15, 0.2) is 11.0 Å². The van der Waals surface area contributed by atoms with E-state index in [1.165, 1.54) is 0 Å². The quantitative estimate of drug-likeness (QED) is 0.846. The predicted octanol–water partition coefficient (Wildman–Crippen LogP) is 1.67. The van der Waals surface area contributed by atoms with Gasteiger partial charge in [-0.1, -0.05) is 17.7 Å². The average molecular weight is 258 g/mol. The van der Waals surface area contributed by atoms with E-state index in [1.54, 1.807) is 18.2 Å². The molecule has 0 aliphatic heterocycles. The van der Waals surface area contributed by atoms with Crippen LogP contribution < -0.4 is 4.72 Å². The first-order valence-corrected chi connectivity index (χ1v) is 5.93. The SMILES string of the molecule is C=CCNS(=O)c1ccc(Cl)c2nonc12. The molecule has 2 rings (SSSR count). The summed E-state index contributed by atoms with van der Waals surface area (Å²) in [6.07, 6.45) is 1.62. The number of halogens is 1. The Morgan fingerprint density at radius 2 is 2.25 bits per heavy atom. The van der Waals surface area contributed by atoms with E-state index >= 15 is 0 Å². The van der Waals surface area contributed by atoms with Crippen LogP contribution in [-0.4, -0.2) is 21.1 Å². The molecular weight excluding hydrogens is 250 g/mol. The van der Waals surface area contributed by atoms with Crippen molar-refractivity contribution in [1.29, 1.82) is 0 Å². The molecule has 0 spiro atoms. The first-order valence-electron chi connectivity index (χ1n) is 4.41. The molecule has 0 aliphatic carbocycles. The lowest BCUT2D eigenvalue weighted by Crippen LogP contribution is -2.17. The van der Waals surface area contributed by atoms with Crippen molar-refractivity contribution < 1.29 is 8.84 Å². The zero-order valence-corrected chi connectivity index (χ0v) is 9.72. The lowest BCUT2D eigenvalue weighted by molar-refractivity contribution is 0.315. The Labute approximate surface area is 99.0 Å². The Hall–Kier alpha value is -1.24. The van der Waals surface area contributed by atoms with Crippen LogP contribution in [0.15, 0.2) is 34.3 Å². The molecule has 0 aliphatic rings. The largest absolute Gasteiger partial charge is 0.243 e. The second-order valence-electron chi connectivity index (χ2n) is 2.91. The zero-order valence-electron chi connectivity index (χ0n) is 8.14. The molecule has 1 aromatic carbocycles. The maximum atomic E-state index is 11.8. The van der Waals surface area contributed by atoms with Crippen LogP contribution in [0.3, 0.4) is 0 Å². The summed E-state index contributed by atoms with van der Waals surface area (Å²) in [5.41, 5.74) is 0.815. The molecule has 0 bridgehead atoms. The Balaban J connectivity index is 2.44. The maximum Gasteiger partial charge on any atom is 0.155 e. The van der Waals surface area contributed by atoms with E-state index in [-0.39, 0.29) is 0 Å². The Morgan fingerprint density at radius 3 is 3.00 bits per heavy atom. The molecule has 5 nitrogen and oxygen atoms in total. The highest BCUT2D eigenvalue weighted by atomic mass is 35.5. The van der Waals surface area contributed by atoms with E-state index in [0.29, 0.717) is 27.5 Å². The standard InChI is InChI=1S/C9H8ClN3O2S/c1-2-5-11-16(14)7-4-3-6(10)8-9(7)13-15-12-8/h2-4,11H,1,5H2. The Kier molecular flexibility index (Phi) is 3.33. The molecule has 0 amide bonds. The fraction of sp³-hybridized carbons (Fsp3) is 0.111.